The highest BCUT2D eigenvalue weighted by molar-refractivity contribution is 5.35. The summed E-state index contributed by atoms with van der Waals surface area (Å²) < 4.78 is 0. The van der Waals surface area contributed by atoms with Gasteiger partial charge in [-0.25, -0.2) is 0 Å². The lowest BCUT2D eigenvalue weighted by Gasteiger charge is -2.21. The van der Waals surface area contributed by atoms with Gasteiger partial charge in [-0.3, -0.25) is 0 Å². The van der Waals surface area contributed by atoms with Gasteiger partial charge >= 0.3 is 0 Å². The molecule has 2 rings (SSSR count). The van der Waals surface area contributed by atoms with Gasteiger partial charge in [-0.2, -0.15) is 0 Å². The van der Waals surface area contributed by atoms with Crippen LogP contribution in [-0.2, 0) is 6.42 Å². The van der Waals surface area contributed by atoms with Crippen LogP contribution in [0, 0.1) is 6.92 Å². The first-order chi connectivity index (χ1) is 6.81. The zero-order valence-electron chi connectivity index (χ0n) is 8.27. The maximum absolute atomic E-state index is 8.47. The van der Waals surface area contributed by atoms with Gasteiger partial charge in [-0.1, -0.05) is 28.9 Å². The van der Waals surface area contributed by atoms with E-state index in [9.17, 15) is 0 Å². The van der Waals surface area contributed by atoms with E-state index < -0.39 is 0 Å². The molecule has 14 heavy (non-hydrogen) atoms. The molecule has 0 N–H and O–H groups in total. The Morgan fingerprint density at radius 3 is 3.14 bits per heavy atom. The Morgan fingerprint density at radius 2 is 2.36 bits per heavy atom. The van der Waals surface area contributed by atoms with Crippen LogP contribution in [0.4, 0.5) is 0 Å². The van der Waals surface area contributed by atoms with Crippen molar-refractivity contribution in [2.75, 3.05) is 0 Å². The minimum absolute atomic E-state index is 0.0589. The Hall–Kier alpha value is -1.47. The van der Waals surface area contributed by atoms with E-state index in [2.05, 4.69) is 35.1 Å². The Labute approximate surface area is 83.4 Å². The lowest BCUT2D eigenvalue weighted by Crippen LogP contribution is -2.07. The molecule has 0 fully saturated rings. The SMILES string of the molecule is Cc1ccc2c(c1)C(N=[N+]=[N-])CCC2. The molecule has 0 aliphatic heterocycles. The van der Waals surface area contributed by atoms with Crippen molar-refractivity contribution in [2.24, 2.45) is 5.11 Å². The van der Waals surface area contributed by atoms with Gasteiger partial charge in [-0.15, -0.1) is 0 Å². The van der Waals surface area contributed by atoms with Gasteiger partial charge in [0.2, 0.25) is 0 Å². The molecule has 1 aliphatic rings. The summed E-state index contributed by atoms with van der Waals surface area (Å²) in [6, 6.07) is 6.48. The molecular weight excluding hydrogens is 174 g/mol. The molecule has 0 saturated heterocycles. The summed E-state index contributed by atoms with van der Waals surface area (Å²) >= 11 is 0. The van der Waals surface area contributed by atoms with Crippen molar-refractivity contribution in [3.63, 3.8) is 0 Å². The number of azide groups is 1. The van der Waals surface area contributed by atoms with Crippen LogP contribution >= 0.6 is 0 Å². The molecule has 1 unspecified atom stereocenters. The fraction of sp³-hybridized carbons (Fsp3) is 0.455. The van der Waals surface area contributed by atoms with Gasteiger partial charge in [0.05, 0.1) is 6.04 Å². The van der Waals surface area contributed by atoms with E-state index >= 15 is 0 Å². The predicted molar refractivity (Wildman–Crippen MR) is 56.0 cm³/mol. The van der Waals surface area contributed by atoms with Crippen LogP contribution in [0.1, 0.15) is 35.6 Å². The van der Waals surface area contributed by atoms with Gasteiger partial charge < -0.3 is 0 Å². The second-order valence-electron chi connectivity index (χ2n) is 3.82. The highest BCUT2D eigenvalue weighted by atomic mass is 15.1. The van der Waals surface area contributed by atoms with E-state index in [1.165, 1.54) is 16.7 Å². The van der Waals surface area contributed by atoms with E-state index in [4.69, 9.17) is 5.53 Å². The van der Waals surface area contributed by atoms with Gasteiger partial charge in [-0.05, 0) is 42.8 Å². The third-order valence-electron chi connectivity index (χ3n) is 2.78. The predicted octanol–water partition coefficient (Wildman–Crippen LogP) is 3.68. The van der Waals surface area contributed by atoms with E-state index in [-0.39, 0.29) is 6.04 Å². The zero-order valence-corrected chi connectivity index (χ0v) is 8.27. The molecule has 0 spiro atoms. The topological polar surface area (TPSA) is 48.8 Å². The van der Waals surface area contributed by atoms with Gasteiger partial charge in [0, 0.05) is 4.91 Å². The molecule has 0 saturated carbocycles. The number of benzene rings is 1. The minimum Gasteiger partial charge on any atom is -0.0859 e. The van der Waals surface area contributed by atoms with Gasteiger partial charge in [0.15, 0.2) is 0 Å². The molecule has 72 valence electrons. The molecule has 0 bridgehead atoms. The molecule has 0 heterocycles. The number of fused-ring (bicyclic) bond motifs is 1. The molecule has 3 nitrogen and oxygen atoms in total. The van der Waals surface area contributed by atoms with Crippen LogP contribution < -0.4 is 0 Å². The largest absolute Gasteiger partial charge is 0.0859 e. The highest BCUT2D eigenvalue weighted by Crippen LogP contribution is 2.33. The zero-order chi connectivity index (χ0) is 9.97. The summed E-state index contributed by atoms with van der Waals surface area (Å²) in [4.78, 5) is 2.91. The third-order valence-corrected chi connectivity index (χ3v) is 2.78. The monoisotopic (exact) mass is 187 g/mol. The Kier molecular flexibility index (Phi) is 2.42. The van der Waals surface area contributed by atoms with Crippen LogP contribution in [0.5, 0.6) is 0 Å². The second kappa shape index (κ2) is 3.72. The molecule has 3 heteroatoms. The summed E-state index contributed by atoms with van der Waals surface area (Å²) in [5, 5.41) is 3.85. The Bertz CT molecular complexity index is 392. The molecule has 1 aromatic carbocycles. The third kappa shape index (κ3) is 1.59. The van der Waals surface area contributed by atoms with E-state index in [0.29, 0.717) is 0 Å². The summed E-state index contributed by atoms with van der Waals surface area (Å²) in [6.45, 7) is 2.07. The van der Waals surface area contributed by atoms with Crippen LogP contribution in [0.2, 0.25) is 0 Å². The molecular formula is C11H13N3. The molecule has 1 atom stereocenters. The molecule has 1 aromatic rings. The Morgan fingerprint density at radius 1 is 1.50 bits per heavy atom. The maximum Gasteiger partial charge on any atom is 0.0628 e. The first kappa shape index (κ1) is 9.10. The summed E-state index contributed by atoms with van der Waals surface area (Å²) in [5.74, 6) is 0. The Balaban J connectivity index is 2.46. The van der Waals surface area contributed by atoms with Crippen LogP contribution in [-0.4, -0.2) is 0 Å². The standard InChI is InChI=1S/C11H13N3/c1-8-5-6-9-3-2-4-11(13-14-12)10(9)7-8/h5-7,11H,2-4H2,1H3. The van der Waals surface area contributed by atoms with Crippen molar-refractivity contribution in [3.8, 4) is 0 Å². The summed E-state index contributed by atoms with van der Waals surface area (Å²) in [5.41, 5.74) is 12.3. The highest BCUT2D eigenvalue weighted by Gasteiger charge is 2.18. The van der Waals surface area contributed by atoms with Crippen LogP contribution in [0.15, 0.2) is 23.3 Å². The van der Waals surface area contributed by atoms with Gasteiger partial charge in [0.1, 0.15) is 0 Å². The molecule has 0 aromatic heterocycles. The fourth-order valence-corrected chi connectivity index (χ4v) is 2.08. The van der Waals surface area contributed by atoms with Gasteiger partial charge in [0.25, 0.3) is 0 Å². The summed E-state index contributed by atoms with van der Waals surface area (Å²) in [7, 11) is 0. The number of hydrogen-bond donors (Lipinski definition) is 0. The average Bonchev–Trinajstić information content (AvgIpc) is 2.19. The summed E-state index contributed by atoms with van der Waals surface area (Å²) in [6.07, 6.45) is 3.23. The molecule has 1 aliphatic carbocycles. The van der Waals surface area contributed by atoms with E-state index in [1.807, 2.05) is 0 Å². The quantitative estimate of drug-likeness (QED) is 0.366. The van der Waals surface area contributed by atoms with Crippen molar-refractivity contribution >= 4 is 0 Å². The van der Waals surface area contributed by atoms with Crippen LogP contribution in [0.25, 0.3) is 10.4 Å². The second-order valence-corrected chi connectivity index (χ2v) is 3.82. The lowest BCUT2D eigenvalue weighted by molar-refractivity contribution is 0.567. The van der Waals surface area contributed by atoms with Crippen LogP contribution in [0.3, 0.4) is 0 Å². The normalized spacial score (nSPS) is 19.6. The first-order valence-electron chi connectivity index (χ1n) is 4.95. The number of aryl methyl sites for hydroxylation is 2. The molecule has 0 amide bonds. The molecule has 0 radical (unpaired) electrons. The lowest BCUT2D eigenvalue weighted by atomic mass is 9.87. The van der Waals surface area contributed by atoms with Crippen molar-refractivity contribution < 1.29 is 0 Å². The minimum atomic E-state index is 0.0589. The van der Waals surface area contributed by atoms with Crippen molar-refractivity contribution in [1.29, 1.82) is 0 Å². The number of nitrogens with zero attached hydrogens (tertiary/aromatic N) is 3. The average molecular weight is 187 g/mol. The smallest absolute Gasteiger partial charge is 0.0628 e. The first-order valence-corrected chi connectivity index (χ1v) is 4.95. The van der Waals surface area contributed by atoms with Crippen molar-refractivity contribution in [3.05, 3.63) is 45.3 Å². The maximum atomic E-state index is 8.47. The number of rotatable bonds is 1. The van der Waals surface area contributed by atoms with E-state index in [1.54, 1.807) is 0 Å². The van der Waals surface area contributed by atoms with E-state index in [0.717, 1.165) is 19.3 Å². The number of hydrogen-bond acceptors (Lipinski definition) is 1. The van der Waals surface area contributed by atoms with Crippen molar-refractivity contribution in [1.82, 2.24) is 0 Å². The fourth-order valence-electron chi connectivity index (χ4n) is 2.08. The van der Waals surface area contributed by atoms with Crippen molar-refractivity contribution in [2.45, 2.75) is 32.2 Å².